The van der Waals surface area contributed by atoms with Crippen molar-refractivity contribution in [3.8, 4) is 11.3 Å². The van der Waals surface area contributed by atoms with E-state index in [1.807, 2.05) is 43.1 Å². The fourth-order valence-corrected chi connectivity index (χ4v) is 6.99. The van der Waals surface area contributed by atoms with Gasteiger partial charge in [-0.25, -0.2) is 4.98 Å². The summed E-state index contributed by atoms with van der Waals surface area (Å²) in [6.45, 7) is 4.94. The molecule has 2 saturated heterocycles. The van der Waals surface area contributed by atoms with Crippen LogP contribution in [0.15, 0.2) is 53.6 Å². The number of fused-ring (bicyclic) bond motifs is 1. The van der Waals surface area contributed by atoms with E-state index in [1.165, 1.54) is 16.6 Å². The first kappa shape index (κ1) is 33.6. The first-order valence-corrected chi connectivity index (χ1v) is 15.6. The lowest BCUT2D eigenvalue weighted by atomic mass is 9.91. The van der Waals surface area contributed by atoms with E-state index >= 15 is 0 Å². The van der Waals surface area contributed by atoms with E-state index < -0.39 is 5.60 Å². The number of nitrogens with two attached hydrogens (primary N) is 1. The molecule has 4 aromatic rings. The Balaban J connectivity index is 0.00000212. The van der Waals surface area contributed by atoms with E-state index in [9.17, 15) is 9.90 Å². The zero-order chi connectivity index (χ0) is 28.6. The third-order valence-corrected chi connectivity index (χ3v) is 9.63. The quantitative estimate of drug-likeness (QED) is 0.301. The van der Waals surface area contributed by atoms with Crippen molar-refractivity contribution in [3.05, 3.63) is 75.3 Å². The van der Waals surface area contributed by atoms with E-state index in [-0.39, 0.29) is 36.9 Å². The monoisotopic (exact) mass is 665 g/mol. The van der Waals surface area contributed by atoms with Gasteiger partial charge < -0.3 is 15.7 Å². The molecule has 0 amide bonds. The number of hydrogen-bond donors (Lipinski definition) is 2. The van der Waals surface area contributed by atoms with Gasteiger partial charge in [-0.2, -0.15) is 16.9 Å². The van der Waals surface area contributed by atoms with Gasteiger partial charge in [0.1, 0.15) is 5.52 Å². The van der Waals surface area contributed by atoms with E-state index in [4.69, 9.17) is 17.3 Å². The number of rotatable bonds is 7. The summed E-state index contributed by atoms with van der Waals surface area (Å²) in [7, 11) is 1.81. The van der Waals surface area contributed by atoms with Crippen LogP contribution in [0.3, 0.4) is 0 Å². The Morgan fingerprint density at radius 1 is 1.02 bits per heavy atom. The van der Waals surface area contributed by atoms with Crippen LogP contribution in [0.25, 0.3) is 22.3 Å². The summed E-state index contributed by atoms with van der Waals surface area (Å²) in [6, 6.07) is 14.3. The normalized spacial score (nSPS) is 17.0. The second-order valence-corrected chi connectivity index (χ2v) is 12.8. The van der Waals surface area contributed by atoms with Gasteiger partial charge in [0.25, 0.3) is 5.56 Å². The molecule has 0 bridgehead atoms. The molecule has 0 unspecified atom stereocenters. The Kier molecular flexibility index (Phi) is 11.1. The molecule has 2 aromatic carbocycles. The largest absolute Gasteiger partial charge is 0.388 e. The van der Waals surface area contributed by atoms with Crippen molar-refractivity contribution < 1.29 is 5.11 Å². The van der Waals surface area contributed by atoms with Gasteiger partial charge in [-0.1, -0.05) is 41.9 Å². The molecule has 2 aliphatic rings. The van der Waals surface area contributed by atoms with E-state index in [1.54, 1.807) is 4.68 Å². The highest BCUT2D eigenvalue weighted by atomic mass is 35.5. The SMILES string of the molecule is Cl.Cl.Cn1nc2c(=O)n(CC3(O)CCN(Cc4ccc(N5CCSCC5)cc4Cl)CC3)cnc2c1-c1ccc(CN)cc1. The number of aromatic nitrogens is 4. The summed E-state index contributed by atoms with van der Waals surface area (Å²) in [4.78, 5) is 22.7. The molecule has 43 heavy (non-hydrogen) atoms. The maximum atomic E-state index is 13.4. The summed E-state index contributed by atoms with van der Waals surface area (Å²) in [5, 5.41) is 16.7. The number of piperidine rings is 1. The lowest BCUT2D eigenvalue weighted by molar-refractivity contribution is -0.0364. The number of anilines is 1. The molecule has 232 valence electrons. The number of benzene rings is 2. The van der Waals surface area contributed by atoms with Gasteiger partial charge in [-0.15, -0.1) is 24.8 Å². The van der Waals surface area contributed by atoms with Gasteiger partial charge >= 0.3 is 0 Å². The van der Waals surface area contributed by atoms with Crippen LogP contribution in [0.1, 0.15) is 24.0 Å². The van der Waals surface area contributed by atoms with Gasteiger partial charge in [0.05, 0.1) is 24.2 Å². The van der Waals surface area contributed by atoms with Gasteiger partial charge in [0.15, 0.2) is 5.52 Å². The third-order valence-electron chi connectivity index (χ3n) is 8.33. The molecule has 0 radical (unpaired) electrons. The summed E-state index contributed by atoms with van der Waals surface area (Å²) in [5.74, 6) is 2.30. The highest BCUT2D eigenvalue weighted by Crippen LogP contribution is 2.30. The first-order chi connectivity index (χ1) is 19.8. The number of thioether (sulfide) groups is 1. The average molecular weight is 667 g/mol. The Hall–Kier alpha value is -2.31. The molecule has 0 spiro atoms. The van der Waals surface area contributed by atoms with Crippen LogP contribution >= 0.6 is 48.2 Å². The highest BCUT2D eigenvalue weighted by molar-refractivity contribution is 7.99. The second-order valence-electron chi connectivity index (χ2n) is 11.1. The number of likely N-dealkylation sites (tertiary alicyclic amines) is 1. The van der Waals surface area contributed by atoms with Crippen molar-refractivity contribution in [2.24, 2.45) is 12.8 Å². The van der Waals surface area contributed by atoms with Crippen molar-refractivity contribution in [3.63, 3.8) is 0 Å². The number of aryl methyl sites for hydroxylation is 1. The molecule has 2 aliphatic heterocycles. The van der Waals surface area contributed by atoms with Crippen LogP contribution in [-0.4, -0.2) is 72.6 Å². The molecule has 2 aromatic heterocycles. The topological polar surface area (TPSA) is 105 Å². The minimum Gasteiger partial charge on any atom is -0.388 e. The number of halogens is 3. The second kappa shape index (κ2) is 14.2. The first-order valence-electron chi connectivity index (χ1n) is 14.1. The summed E-state index contributed by atoms with van der Waals surface area (Å²) in [6.07, 6.45) is 2.65. The minimum absolute atomic E-state index is 0. The Bertz CT molecular complexity index is 1600. The molecule has 2 fully saturated rings. The fourth-order valence-electron chi connectivity index (χ4n) is 5.86. The maximum Gasteiger partial charge on any atom is 0.281 e. The van der Waals surface area contributed by atoms with Crippen LogP contribution in [0.2, 0.25) is 5.02 Å². The minimum atomic E-state index is -0.995. The highest BCUT2D eigenvalue weighted by Gasteiger charge is 2.33. The number of aliphatic hydroxyl groups is 1. The Morgan fingerprint density at radius 2 is 1.72 bits per heavy atom. The van der Waals surface area contributed by atoms with E-state index in [0.29, 0.717) is 30.4 Å². The number of nitrogens with zero attached hydrogens (tertiary/aromatic N) is 6. The lowest BCUT2D eigenvalue weighted by Crippen LogP contribution is -2.47. The van der Waals surface area contributed by atoms with Crippen LogP contribution in [0.4, 0.5) is 5.69 Å². The maximum absolute atomic E-state index is 13.4. The molecule has 6 rings (SSSR count). The molecule has 13 heteroatoms. The Morgan fingerprint density at radius 3 is 2.37 bits per heavy atom. The molecule has 4 heterocycles. The van der Waals surface area contributed by atoms with Gasteiger partial charge in [-0.3, -0.25) is 18.9 Å². The van der Waals surface area contributed by atoms with Crippen LogP contribution < -0.4 is 16.2 Å². The smallest absolute Gasteiger partial charge is 0.281 e. The third kappa shape index (κ3) is 7.17. The fraction of sp³-hybridized carbons (Fsp3) is 0.433. The van der Waals surface area contributed by atoms with Crippen molar-refractivity contribution in [1.82, 2.24) is 24.2 Å². The zero-order valence-electron chi connectivity index (χ0n) is 24.1. The van der Waals surface area contributed by atoms with E-state index in [2.05, 4.69) is 38.1 Å². The zero-order valence-corrected chi connectivity index (χ0v) is 27.3. The van der Waals surface area contributed by atoms with E-state index in [0.717, 1.165) is 71.6 Å². The van der Waals surface area contributed by atoms with Crippen LogP contribution in [0.5, 0.6) is 0 Å². The molecule has 3 N–H and O–H groups in total. The standard InChI is InChI=1S/C30H36ClN7O2S.2ClH/c1-35-28(22-4-2-21(17-32)3-5-22)26-27(34-35)29(39)38(20-33-26)19-30(40)8-10-36(11-9-30)18-23-6-7-24(16-25(23)31)37-12-14-41-15-13-37;;/h2-7,16,20,40H,8-15,17-19,32H2,1H3;2*1H. The molecule has 9 nitrogen and oxygen atoms in total. The predicted octanol–water partition coefficient (Wildman–Crippen LogP) is 4.33. The lowest BCUT2D eigenvalue weighted by Gasteiger charge is -2.38. The van der Waals surface area contributed by atoms with Gasteiger partial charge in [-0.05, 0) is 36.1 Å². The molecular formula is C30H38Cl3N7O2S. The number of hydrogen-bond acceptors (Lipinski definition) is 8. The Labute approximate surface area is 273 Å². The molecular weight excluding hydrogens is 629 g/mol. The van der Waals surface area contributed by atoms with Crippen molar-refractivity contribution >= 4 is 64.9 Å². The summed E-state index contributed by atoms with van der Waals surface area (Å²) < 4.78 is 3.19. The summed E-state index contributed by atoms with van der Waals surface area (Å²) in [5.41, 5.74) is 10.4. The van der Waals surface area contributed by atoms with Crippen molar-refractivity contribution in [1.29, 1.82) is 0 Å². The molecule has 0 saturated carbocycles. The van der Waals surface area contributed by atoms with Crippen molar-refractivity contribution in [2.45, 2.75) is 38.1 Å². The molecule has 0 atom stereocenters. The molecule has 0 aliphatic carbocycles. The van der Waals surface area contributed by atoms with Crippen LogP contribution in [-0.2, 0) is 26.7 Å². The van der Waals surface area contributed by atoms with Crippen LogP contribution in [0, 0.1) is 0 Å². The summed E-state index contributed by atoms with van der Waals surface area (Å²) >= 11 is 8.69. The predicted molar refractivity (Wildman–Crippen MR) is 181 cm³/mol. The van der Waals surface area contributed by atoms with Gasteiger partial charge in [0.2, 0.25) is 0 Å². The van der Waals surface area contributed by atoms with Crippen molar-refractivity contribution in [2.75, 3.05) is 42.6 Å². The average Bonchev–Trinajstić information content (AvgIpc) is 3.34. The van der Waals surface area contributed by atoms with Gasteiger partial charge in [0, 0.05) is 74.1 Å².